The van der Waals surface area contributed by atoms with Crippen molar-refractivity contribution in [1.29, 1.82) is 0 Å². The molecule has 0 aliphatic carbocycles. The third-order valence-electron chi connectivity index (χ3n) is 5.31. The van der Waals surface area contributed by atoms with Crippen LogP contribution in [0.25, 0.3) is 33.2 Å². The minimum Gasteiger partial charge on any atom is -0.335 e. The summed E-state index contributed by atoms with van der Waals surface area (Å²) in [5.41, 5.74) is 6.77. The van der Waals surface area contributed by atoms with Gasteiger partial charge in [0.05, 0.1) is 28.2 Å². The van der Waals surface area contributed by atoms with Crippen LogP contribution in [0.3, 0.4) is 0 Å². The lowest BCUT2D eigenvalue weighted by molar-refractivity contribution is 0.0955. The average Bonchev–Trinajstić information content (AvgIpc) is 3.34. The van der Waals surface area contributed by atoms with Gasteiger partial charge in [-0.05, 0) is 57.2 Å². The summed E-state index contributed by atoms with van der Waals surface area (Å²) in [6, 6.07) is 13.5. The standard InChI is InChI=1S/C23H20N6O/c1-12-5-4-6-17(25-12)14(3)22(30)23-26-19-10-16-18(11-20(19)27-23)28-29-21(16)15-7-8-24-13(2)9-15/h4-11,14H,1-3H3,(H,26,27)(H,28,29)/t14-/m1/s1. The molecule has 5 rings (SSSR count). The summed E-state index contributed by atoms with van der Waals surface area (Å²) < 4.78 is 0. The number of carbonyl (C=O) groups excluding carboxylic acids is 1. The lowest BCUT2D eigenvalue weighted by Gasteiger charge is -2.08. The van der Waals surface area contributed by atoms with E-state index in [1.54, 1.807) is 6.20 Å². The number of aromatic nitrogens is 6. The molecule has 2 N–H and O–H groups in total. The van der Waals surface area contributed by atoms with Gasteiger partial charge in [0.2, 0.25) is 5.78 Å². The number of rotatable bonds is 4. The van der Waals surface area contributed by atoms with Crippen molar-refractivity contribution in [2.45, 2.75) is 26.7 Å². The second-order valence-corrected chi connectivity index (χ2v) is 7.55. The van der Waals surface area contributed by atoms with Crippen LogP contribution >= 0.6 is 0 Å². The van der Waals surface area contributed by atoms with Crippen LogP contribution in [0.4, 0.5) is 0 Å². The molecule has 1 aromatic carbocycles. The number of H-pyrrole nitrogens is 2. The van der Waals surface area contributed by atoms with E-state index in [0.29, 0.717) is 5.82 Å². The summed E-state index contributed by atoms with van der Waals surface area (Å²) in [5, 5.41) is 8.50. The maximum atomic E-state index is 13.0. The number of ketones is 1. The topological polar surface area (TPSA) is 100 Å². The van der Waals surface area contributed by atoms with Crippen LogP contribution in [0.5, 0.6) is 0 Å². The molecular formula is C23H20N6O. The fourth-order valence-electron chi connectivity index (χ4n) is 3.70. The van der Waals surface area contributed by atoms with Crippen molar-refractivity contribution < 1.29 is 4.79 Å². The second-order valence-electron chi connectivity index (χ2n) is 7.55. The smallest absolute Gasteiger partial charge is 0.206 e. The summed E-state index contributed by atoms with van der Waals surface area (Å²) >= 11 is 0. The van der Waals surface area contributed by atoms with E-state index in [1.807, 2.05) is 63.2 Å². The largest absolute Gasteiger partial charge is 0.335 e. The Labute approximate surface area is 172 Å². The van der Waals surface area contributed by atoms with E-state index in [2.05, 4.69) is 30.1 Å². The number of nitrogens with one attached hydrogen (secondary N) is 2. The molecule has 148 valence electrons. The number of nitrogens with zero attached hydrogens (tertiary/aromatic N) is 4. The van der Waals surface area contributed by atoms with Gasteiger partial charge in [-0.15, -0.1) is 0 Å². The van der Waals surface area contributed by atoms with Crippen molar-refractivity contribution in [2.75, 3.05) is 0 Å². The van der Waals surface area contributed by atoms with Crippen molar-refractivity contribution in [2.24, 2.45) is 0 Å². The Balaban J connectivity index is 1.56. The van der Waals surface area contributed by atoms with Gasteiger partial charge in [-0.1, -0.05) is 6.07 Å². The number of hydrogen-bond acceptors (Lipinski definition) is 5. The first-order valence-corrected chi connectivity index (χ1v) is 9.78. The van der Waals surface area contributed by atoms with E-state index in [1.165, 1.54) is 0 Å². The van der Waals surface area contributed by atoms with Gasteiger partial charge in [0, 0.05) is 28.5 Å². The first-order chi connectivity index (χ1) is 14.5. The molecule has 0 unspecified atom stereocenters. The SMILES string of the molecule is Cc1cc(-c2n[nH]c3cc4[nH]c(C(=O)[C@H](C)c5cccc(C)n5)nc4cc23)ccn1. The van der Waals surface area contributed by atoms with E-state index < -0.39 is 0 Å². The zero-order valence-corrected chi connectivity index (χ0v) is 16.9. The van der Waals surface area contributed by atoms with Crippen LogP contribution in [0, 0.1) is 13.8 Å². The van der Waals surface area contributed by atoms with Gasteiger partial charge in [-0.25, -0.2) is 4.98 Å². The summed E-state index contributed by atoms with van der Waals surface area (Å²) in [5.74, 6) is -0.133. The lowest BCUT2D eigenvalue weighted by Crippen LogP contribution is -2.13. The van der Waals surface area contributed by atoms with Crippen LogP contribution in [0.2, 0.25) is 0 Å². The number of Topliss-reactive ketones (excluding diaryl/α,β-unsaturated/α-hetero) is 1. The van der Waals surface area contributed by atoms with E-state index >= 15 is 0 Å². The molecule has 4 aromatic heterocycles. The zero-order valence-electron chi connectivity index (χ0n) is 16.9. The Hall–Kier alpha value is -3.87. The van der Waals surface area contributed by atoms with Crippen LogP contribution < -0.4 is 0 Å². The number of pyridine rings is 2. The predicted molar refractivity (Wildman–Crippen MR) is 115 cm³/mol. The van der Waals surface area contributed by atoms with Crippen molar-refractivity contribution in [3.8, 4) is 11.3 Å². The van der Waals surface area contributed by atoms with E-state index in [9.17, 15) is 4.79 Å². The number of carbonyl (C=O) groups is 1. The molecule has 0 radical (unpaired) electrons. The first-order valence-electron chi connectivity index (χ1n) is 9.78. The van der Waals surface area contributed by atoms with Crippen LogP contribution in [0.15, 0.2) is 48.7 Å². The molecule has 0 spiro atoms. The third kappa shape index (κ3) is 3.04. The summed E-state index contributed by atoms with van der Waals surface area (Å²) in [4.78, 5) is 29.5. The van der Waals surface area contributed by atoms with Gasteiger partial charge in [-0.2, -0.15) is 5.10 Å². The second kappa shape index (κ2) is 6.88. The maximum Gasteiger partial charge on any atom is 0.206 e. The summed E-state index contributed by atoms with van der Waals surface area (Å²) in [6.45, 7) is 5.72. The highest BCUT2D eigenvalue weighted by Crippen LogP contribution is 2.30. The highest BCUT2D eigenvalue weighted by Gasteiger charge is 2.22. The maximum absolute atomic E-state index is 13.0. The van der Waals surface area contributed by atoms with Gasteiger partial charge >= 0.3 is 0 Å². The van der Waals surface area contributed by atoms with Gasteiger partial charge in [-0.3, -0.25) is 19.9 Å². The van der Waals surface area contributed by atoms with Crippen LogP contribution in [-0.4, -0.2) is 35.9 Å². The van der Waals surface area contributed by atoms with Gasteiger partial charge < -0.3 is 4.98 Å². The Bertz CT molecular complexity index is 1410. The molecule has 30 heavy (non-hydrogen) atoms. The molecule has 0 fully saturated rings. The monoisotopic (exact) mass is 396 g/mol. The quantitative estimate of drug-likeness (QED) is 0.436. The predicted octanol–water partition coefficient (Wildman–Crippen LogP) is 4.50. The molecule has 0 saturated carbocycles. The lowest BCUT2D eigenvalue weighted by atomic mass is 10.0. The van der Waals surface area contributed by atoms with E-state index in [-0.39, 0.29) is 11.7 Å². The third-order valence-corrected chi connectivity index (χ3v) is 5.31. The van der Waals surface area contributed by atoms with Crippen molar-refractivity contribution in [3.63, 3.8) is 0 Å². The fourth-order valence-corrected chi connectivity index (χ4v) is 3.70. The van der Waals surface area contributed by atoms with E-state index in [4.69, 9.17) is 0 Å². The molecule has 0 bridgehead atoms. The van der Waals surface area contributed by atoms with Crippen LogP contribution in [-0.2, 0) is 0 Å². The minimum absolute atomic E-state index is 0.0870. The van der Waals surface area contributed by atoms with Gasteiger partial charge in [0.1, 0.15) is 5.69 Å². The summed E-state index contributed by atoms with van der Waals surface area (Å²) in [6.07, 6.45) is 1.77. The molecule has 0 saturated heterocycles. The highest BCUT2D eigenvalue weighted by molar-refractivity contribution is 6.04. The Morgan fingerprint density at radius 1 is 1.00 bits per heavy atom. The molecule has 5 aromatic rings. The van der Waals surface area contributed by atoms with Gasteiger partial charge in [0.15, 0.2) is 5.82 Å². The molecule has 7 nitrogen and oxygen atoms in total. The van der Waals surface area contributed by atoms with Crippen LogP contribution in [0.1, 0.15) is 40.5 Å². The Morgan fingerprint density at radius 3 is 2.67 bits per heavy atom. The molecular weight excluding hydrogens is 376 g/mol. The van der Waals surface area contributed by atoms with Gasteiger partial charge in [0.25, 0.3) is 0 Å². The molecule has 4 heterocycles. The average molecular weight is 396 g/mol. The highest BCUT2D eigenvalue weighted by atomic mass is 16.1. The Kier molecular flexibility index (Phi) is 4.17. The number of benzene rings is 1. The van der Waals surface area contributed by atoms with Crippen molar-refractivity contribution in [1.82, 2.24) is 30.1 Å². The molecule has 7 heteroatoms. The molecule has 0 aliphatic rings. The molecule has 1 atom stereocenters. The Morgan fingerprint density at radius 2 is 1.87 bits per heavy atom. The molecule has 0 aliphatic heterocycles. The number of fused-ring (bicyclic) bond motifs is 2. The number of hydrogen-bond donors (Lipinski definition) is 2. The minimum atomic E-state index is -0.382. The van der Waals surface area contributed by atoms with E-state index in [0.717, 1.165) is 50.3 Å². The van der Waals surface area contributed by atoms with Crippen molar-refractivity contribution >= 4 is 27.7 Å². The first kappa shape index (κ1) is 18.2. The number of aryl methyl sites for hydroxylation is 2. The molecule has 0 amide bonds. The zero-order chi connectivity index (χ0) is 20.8. The normalized spacial score (nSPS) is 12.5. The number of aromatic amines is 2. The summed E-state index contributed by atoms with van der Waals surface area (Å²) in [7, 11) is 0. The number of imidazole rings is 1. The fraction of sp³-hybridized carbons (Fsp3) is 0.174. The van der Waals surface area contributed by atoms with Crippen molar-refractivity contribution in [3.05, 3.63) is 71.6 Å².